The van der Waals surface area contributed by atoms with Gasteiger partial charge in [-0.25, -0.2) is 0 Å². The quantitative estimate of drug-likeness (QED) is 0.634. The van der Waals surface area contributed by atoms with E-state index in [1.54, 1.807) is 6.07 Å². The van der Waals surface area contributed by atoms with Gasteiger partial charge in [-0.1, -0.05) is 6.42 Å². The summed E-state index contributed by atoms with van der Waals surface area (Å²) in [5, 5.41) is 17.0. The number of piperidine rings is 1. The molecule has 1 aromatic carbocycles. The van der Waals surface area contributed by atoms with Crippen LogP contribution < -0.4 is 15.4 Å². The van der Waals surface area contributed by atoms with E-state index >= 15 is 0 Å². The molecule has 0 aromatic heterocycles. The van der Waals surface area contributed by atoms with Crippen molar-refractivity contribution in [3.05, 3.63) is 22.2 Å². The van der Waals surface area contributed by atoms with Crippen molar-refractivity contribution in [3.63, 3.8) is 0 Å². The number of amides is 1. The molecule has 1 aromatic rings. The van der Waals surface area contributed by atoms with Gasteiger partial charge in [0.15, 0.2) is 12.4 Å². The van der Waals surface area contributed by atoms with E-state index in [4.69, 9.17) is 4.74 Å². The number of nitrogens with one attached hydrogen (secondary N) is 2. The summed E-state index contributed by atoms with van der Waals surface area (Å²) in [6.45, 7) is 3.51. The summed E-state index contributed by atoms with van der Waals surface area (Å²) in [6.07, 6.45) is 3.70. The van der Waals surface area contributed by atoms with Gasteiger partial charge in [-0.15, -0.1) is 0 Å². The maximum absolute atomic E-state index is 11.4. The molecule has 0 bridgehead atoms. The van der Waals surface area contributed by atoms with Crippen LogP contribution in [-0.4, -0.2) is 48.5 Å². The fourth-order valence-corrected chi connectivity index (χ4v) is 2.94. The van der Waals surface area contributed by atoms with Gasteiger partial charge in [0.2, 0.25) is 0 Å². The second kappa shape index (κ2) is 6.82. The summed E-state index contributed by atoms with van der Waals surface area (Å²) in [5.74, 6) is 0.0727. The Morgan fingerprint density at radius 3 is 2.83 bits per heavy atom. The number of anilines is 2. The average Bonchev–Trinajstić information content (AvgIpc) is 2.55. The summed E-state index contributed by atoms with van der Waals surface area (Å²) in [7, 11) is 0. The molecule has 8 nitrogen and oxygen atoms in total. The van der Waals surface area contributed by atoms with E-state index < -0.39 is 4.92 Å². The van der Waals surface area contributed by atoms with Crippen molar-refractivity contribution in [3.8, 4) is 5.75 Å². The van der Waals surface area contributed by atoms with E-state index in [1.165, 1.54) is 25.3 Å². The minimum atomic E-state index is -0.441. The molecule has 0 atom stereocenters. The molecule has 1 amide bonds. The average molecular weight is 320 g/mol. The Kier molecular flexibility index (Phi) is 4.61. The Labute approximate surface area is 133 Å². The van der Waals surface area contributed by atoms with Crippen LogP contribution in [0.4, 0.5) is 17.1 Å². The molecule has 0 unspecified atom stereocenters. The summed E-state index contributed by atoms with van der Waals surface area (Å²) in [6, 6.07) is 2.93. The third-order valence-electron chi connectivity index (χ3n) is 4.12. The molecule has 23 heavy (non-hydrogen) atoms. The van der Waals surface area contributed by atoms with Crippen LogP contribution in [0.3, 0.4) is 0 Å². The van der Waals surface area contributed by atoms with Crippen LogP contribution in [-0.2, 0) is 4.79 Å². The van der Waals surface area contributed by atoms with Crippen LogP contribution in [0.15, 0.2) is 12.1 Å². The number of rotatable bonds is 5. The molecule has 0 aliphatic carbocycles. The van der Waals surface area contributed by atoms with Gasteiger partial charge >= 0.3 is 0 Å². The second-order valence-corrected chi connectivity index (χ2v) is 5.79. The van der Waals surface area contributed by atoms with Crippen molar-refractivity contribution in [2.75, 3.05) is 43.4 Å². The van der Waals surface area contributed by atoms with E-state index in [9.17, 15) is 14.9 Å². The summed E-state index contributed by atoms with van der Waals surface area (Å²) in [4.78, 5) is 24.5. The first kappa shape index (κ1) is 15.5. The zero-order valence-electron chi connectivity index (χ0n) is 12.8. The number of benzene rings is 1. The molecular weight excluding hydrogens is 300 g/mol. The maximum atomic E-state index is 11.4. The first-order valence-electron chi connectivity index (χ1n) is 7.85. The molecule has 3 rings (SSSR count). The zero-order chi connectivity index (χ0) is 16.2. The number of hydrogen-bond donors (Lipinski definition) is 2. The lowest BCUT2D eigenvalue weighted by atomic mass is 10.1. The molecule has 0 spiro atoms. The Hall–Kier alpha value is -2.35. The first-order valence-corrected chi connectivity index (χ1v) is 7.85. The SMILES string of the molecule is O=C1COc2cc([N+](=O)[O-])c(NCCN3CCCCC3)cc2N1. The Morgan fingerprint density at radius 2 is 2.09 bits per heavy atom. The molecule has 1 saturated heterocycles. The van der Waals surface area contributed by atoms with E-state index in [0.29, 0.717) is 23.7 Å². The smallest absolute Gasteiger partial charge is 0.296 e. The van der Waals surface area contributed by atoms with Crippen LogP contribution in [0, 0.1) is 10.1 Å². The third kappa shape index (κ3) is 3.70. The van der Waals surface area contributed by atoms with E-state index in [0.717, 1.165) is 19.6 Å². The van der Waals surface area contributed by atoms with Crippen molar-refractivity contribution < 1.29 is 14.5 Å². The Bertz CT molecular complexity index is 614. The molecular formula is C15H20N4O4. The van der Waals surface area contributed by atoms with Gasteiger partial charge in [-0.05, 0) is 32.0 Å². The van der Waals surface area contributed by atoms with Gasteiger partial charge < -0.3 is 20.3 Å². The lowest BCUT2D eigenvalue weighted by Crippen LogP contribution is -2.33. The monoisotopic (exact) mass is 320 g/mol. The second-order valence-electron chi connectivity index (χ2n) is 5.79. The van der Waals surface area contributed by atoms with E-state index in [1.807, 2.05) is 0 Å². The number of ether oxygens (including phenoxy) is 1. The van der Waals surface area contributed by atoms with Crippen LogP contribution in [0.1, 0.15) is 19.3 Å². The number of nitro benzene ring substituents is 1. The van der Waals surface area contributed by atoms with Crippen LogP contribution in [0.5, 0.6) is 5.75 Å². The normalized spacial score (nSPS) is 17.8. The van der Waals surface area contributed by atoms with Crippen LogP contribution in [0.2, 0.25) is 0 Å². The Morgan fingerprint density at radius 1 is 1.30 bits per heavy atom. The van der Waals surface area contributed by atoms with Gasteiger partial charge in [-0.2, -0.15) is 0 Å². The van der Waals surface area contributed by atoms with Gasteiger partial charge in [0.1, 0.15) is 5.69 Å². The highest BCUT2D eigenvalue weighted by Gasteiger charge is 2.23. The summed E-state index contributed by atoms with van der Waals surface area (Å²) < 4.78 is 5.23. The van der Waals surface area contributed by atoms with Gasteiger partial charge in [0, 0.05) is 13.1 Å². The third-order valence-corrected chi connectivity index (χ3v) is 4.12. The highest BCUT2D eigenvalue weighted by molar-refractivity contribution is 5.96. The molecule has 124 valence electrons. The van der Waals surface area contributed by atoms with Crippen LogP contribution >= 0.6 is 0 Å². The zero-order valence-corrected chi connectivity index (χ0v) is 12.8. The number of hydrogen-bond acceptors (Lipinski definition) is 6. The molecule has 2 N–H and O–H groups in total. The standard InChI is InChI=1S/C15H20N4O4/c20-15-10-23-14-9-13(19(21)22)11(8-12(14)17-15)16-4-7-18-5-2-1-3-6-18/h8-9,16H,1-7,10H2,(H,17,20). The maximum Gasteiger partial charge on any atom is 0.296 e. The van der Waals surface area contributed by atoms with E-state index in [-0.39, 0.29) is 18.2 Å². The highest BCUT2D eigenvalue weighted by atomic mass is 16.6. The van der Waals surface area contributed by atoms with Gasteiger partial charge in [0.25, 0.3) is 11.6 Å². The number of carbonyl (C=O) groups is 1. The minimum absolute atomic E-state index is 0.0430. The Balaban J connectivity index is 1.70. The van der Waals surface area contributed by atoms with Crippen molar-refractivity contribution in [2.24, 2.45) is 0 Å². The number of nitrogens with zero attached hydrogens (tertiary/aromatic N) is 2. The number of carbonyl (C=O) groups excluding carboxylic acids is 1. The van der Waals surface area contributed by atoms with Crippen molar-refractivity contribution >= 4 is 23.0 Å². The molecule has 2 aliphatic heterocycles. The molecule has 2 heterocycles. The lowest BCUT2D eigenvalue weighted by molar-refractivity contribution is -0.384. The number of fused-ring (bicyclic) bond motifs is 1. The first-order chi connectivity index (χ1) is 11.1. The molecule has 8 heteroatoms. The summed E-state index contributed by atoms with van der Waals surface area (Å²) >= 11 is 0. The van der Waals surface area contributed by atoms with Crippen LogP contribution in [0.25, 0.3) is 0 Å². The van der Waals surface area contributed by atoms with Crippen molar-refractivity contribution in [1.29, 1.82) is 0 Å². The lowest BCUT2D eigenvalue weighted by Gasteiger charge is -2.26. The predicted molar refractivity (Wildman–Crippen MR) is 86.0 cm³/mol. The molecule has 0 radical (unpaired) electrons. The van der Waals surface area contributed by atoms with Gasteiger partial charge in [0.05, 0.1) is 16.7 Å². The molecule has 1 fully saturated rings. The largest absolute Gasteiger partial charge is 0.481 e. The number of nitro groups is 1. The topological polar surface area (TPSA) is 96.7 Å². The summed E-state index contributed by atoms with van der Waals surface area (Å²) in [5.41, 5.74) is 0.822. The highest BCUT2D eigenvalue weighted by Crippen LogP contribution is 2.37. The predicted octanol–water partition coefficient (Wildman–Crippen LogP) is 1.82. The van der Waals surface area contributed by atoms with Crippen molar-refractivity contribution in [1.82, 2.24) is 4.90 Å². The molecule has 2 aliphatic rings. The minimum Gasteiger partial charge on any atom is -0.481 e. The van der Waals surface area contributed by atoms with Crippen molar-refractivity contribution in [2.45, 2.75) is 19.3 Å². The fraction of sp³-hybridized carbons (Fsp3) is 0.533. The van der Waals surface area contributed by atoms with E-state index in [2.05, 4.69) is 15.5 Å². The fourth-order valence-electron chi connectivity index (χ4n) is 2.94. The van der Waals surface area contributed by atoms with Gasteiger partial charge in [-0.3, -0.25) is 14.9 Å². The molecule has 0 saturated carbocycles. The number of likely N-dealkylation sites (tertiary alicyclic amines) is 1.